The molecular weight excluding hydrogens is 474 g/mol. The van der Waals surface area contributed by atoms with Crippen molar-refractivity contribution in [2.75, 3.05) is 13.1 Å². The van der Waals surface area contributed by atoms with E-state index in [1.54, 1.807) is 36.1 Å². The molecule has 2 aromatic rings. The average molecular weight is 504 g/mol. The number of hydrogen-bond donors (Lipinski definition) is 1. The Labute approximate surface area is 216 Å². The summed E-state index contributed by atoms with van der Waals surface area (Å²) >= 11 is 6.62. The van der Waals surface area contributed by atoms with Crippen molar-refractivity contribution in [2.24, 2.45) is 4.99 Å². The first-order valence-electron chi connectivity index (χ1n) is 11.6. The number of aromatic nitrogens is 2. The SMILES string of the molecule is C=C/C(=C\C=C/C)CNC(=C)/N=C1\C(=C/C)C=C(c2ccc(-c3noc(C)n3)cc2Cl)C(=O)N1CC. The Balaban J connectivity index is 1.92. The monoisotopic (exact) mass is 503 g/mol. The van der Waals surface area contributed by atoms with E-state index in [2.05, 4.69) is 33.6 Å². The molecule has 0 spiro atoms. The number of rotatable bonds is 9. The Morgan fingerprint density at radius 2 is 2.11 bits per heavy atom. The van der Waals surface area contributed by atoms with E-state index >= 15 is 0 Å². The first-order valence-corrected chi connectivity index (χ1v) is 12.0. The lowest BCUT2D eigenvalue weighted by Crippen LogP contribution is -2.41. The zero-order valence-corrected chi connectivity index (χ0v) is 21.8. The third-order valence-corrected chi connectivity index (χ3v) is 5.78. The van der Waals surface area contributed by atoms with E-state index in [0.717, 1.165) is 11.1 Å². The standard InChI is InChI=1S/C28H30ClN5O2/c1-7-11-12-20(8-2)17-30-18(5)31-27-21(9-3)15-24(28(35)34(27)10-4)23-14-13-22(16-25(23)29)26-32-19(6)36-33-26/h7-9,11-16,30H,2,5,10,17H2,1,3-4,6H3/b11-7-,20-12+,21-9-,31-27+. The van der Waals surface area contributed by atoms with Gasteiger partial charge in [0.15, 0.2) is 0 Å². The van der Waals surface area contributed by atoms with Gasteiger partial charge in [0.25, 0.3) is 5.91 Å². The summed E-state index contributed by atoms with van der Waals surface area (Å²) in [4.78, 5) is 24.0. The minimum Gasteiger partial charge on any atom is -0.366 e. The van der Waals surface area contributed by atoms with Gasteiger partial charge in [-0.05, 0) is 38.5 Å². The van der Waals surface area contributed by atoms with Crippen molar-refractivity contribution in [1.82, 2.24) is 20.4 Å². The van der Waals surface area contributed by atoms with E-state index in [0.29, 0.717) is 58.2 Å². The van der Waals surface area contributed by atoms with Gasteiger partial charge >= 0.3 is 0 Å². The average Bonchev–Trinajstić information content (AvgIpc) is 3.31. The molecule has 8 heteroatoms. The van der Waals surface area contributed by atoms with Gasteiger partial charge < -0.3 is 9.84 Å². The highest BCUT2D eigenvalue weighted by atomic mass is 35.5. The number of carbonyl (C=O) groups excluding carboxylic acids is 1. The minimum atomic E-state index is -0.195. The van der Waals surface area contributed by atoms with Gasteiger partial charge in [-0.1, -0.05) is 72.4 Å². The van der Waals surface area contributed by atoms with Crippen molar-refractivity contribution < 1.29 is 9.32 Å². The third kappa shape index (κ3) is 5.98. The number of likely N-dealkylation sites (N-methyl/N-ethyl adjacent to an activating group) is 1. The Hall–Kier alpha value is -3.97. The molecule has 2 heterocycles. The molecule has 1 aromatic heterocycles. The van der Waals surface area contributed by atoms with Crippen LogP contribution in [-0.4, -0.2) is 39.9 Å². The molecule has 7 nitrogen and oxygen atoms in total. The van der Waals surface area contributed by atoms with Crippen LogP contribution in [0.2, 0.25) is 5.02 Å². The molecule has 1 N–H and O–H groups in total. The lowest BCUT2D eigenvalue weighted by atomic mass is 9.95. The van der Waals surface area contributed by atoms with Gasteiger partial charge in [-0.25, -0.2) is 4.99 Å². The molecule has 1 amide bonds. The number of benzene rings is 1. The normalized spacial score (nSPS) is 16.7. The van der Waals surface area contributed by atoms with Crippen molar-refractivity contribution in [2.45, 2.75) is 27.7 Å². The molecule has 0 fully saturated rings. The molecule has 0 aliphatic carbocycles. The topological polar surface area (TPSA) is 83.6 Å². The molecule has 0 saturated heterocycles. The largest absolute Gasteiger partial charge is 0.366 e. The summed E-state index contributed by atoms with van der Waals surface area (Å²) in [5, 5.41) is 7.53. The fraction of sp³-hybridized carbons (Fsp3) is 0.214. The number of halogens is 1. The maximum Gasteiger partial charge on any atom is 0.260 e. The van der Waals surface area contributed by atoms with Gasteiger partial charge in [0.05, 0.1) is 0 Å². The van der Waals surface area contributed by atoms with E-state index in [-0.39, 0.29) is 5.91 Å². The van der Waals surface area contributed by atoms with Crippen molar-refractivity contribution in [1.29, 1.82) is 0 Å². The van der Waals surface area contributed by atoms with Gasteiger partial charge in [-0.15, -0.1) is 0 Å². The maximum absolute atomic E-state index is 13.5. The molecule has 0 atom stereocenters. The van der Waals surface area contributed by atoms with Crippen molar-refractivity contribution >= 4 is 28.9 Å². The van der Waals surface area contributed by atoms with Crippen LogP contribution in [0.25, 0.3) is 17.0 Å². The number of hydrogen-bond acceptors (Lipinski definition) is 6. The number of amides is 1. The lowest BCUT2D eigenvalue weighted by Gasteiger charge is -2.30. The molecule has 0 unspecified atom stereocenters. The van der Waals surface area contributed by atoms with E-state index in [9.17, 15) is 4.79 Å². The molecule has 3 rings (SSSR count). The number of carbonyl (C=O) groups is 1. The second-order valence-corrected chi connectivity index (χ2v) is 8.30. The van der Waals surface area contributed by atoms with Crippen LogP contribution < -0.4 is 5.32 Å². The summed E-state index contributed by atoms with van der Waals surface area (Å²) in [5.41, 5.74) is 3.58. The Kier molecular flexibility index (Phi) is 8.97. The van der Waals surface area contributed by atoms with E-state index in [1.807, 2.05) is 51.1 Å². The Morgan fingerprint density at radius 1 is 1.33 bits per heavy atom. The molecule has 1 aromatic carbocycles. The minimum absolute atomic E-state index is 0.195. The van der Waals surface area contributed by atoms with E-state index in [1.165, 1.54) is 0 Å². The molecular formula is C28H30ClN5O2. The number of nitrogens with zero attached hydrogens (tertiary/aromatic N) is 4. The molecule has 36 heavy (non-hydrogen) atoms. The predicted molar refractivity (Wildman–Crippen MR) is 146 cm³/mol. The van der Waals surface area contributed by atoms with Crippen LogP contribution >= 0.6 is 11.6 Å². The smallest absolute Gasteiger partial charge is 0.260 e. The maximum atomic E-state index is 13.5. The summed E-state index contributed by atoms with van der Waals surface area (Å²) in [7, 11) is 0. The van der Waals surface area contributed by atoms with Crippen LogP contribution in [0.5, 0.6) is 0 Å². The first-order chi connectivity index (χ1) is 17.3. The van der Waals surface area contributed by atoms with Crippen molar-refractivity contribution in [3.8, 4) is 11.4 Å². The van der Waals surface area contributed by atoms with Crippen LogP contribution in [-0.2, 0) is 4.79 Å². The first kappa shape index (κ1) is 26.6. The van der Waals surface area contributed by atoms with Gasteiger partial charge in [0.1, 0.15) is 11.7 Å². The zero-order valence-electron chi connectivity index (χ0n) is 21.0. The van der Waals surface area contributed by atoms with Crippen molar-refractivity contribution in [3.05, 3.63) is 101 Å². The van der Waals surface area contributed by atoms with Gasteiger partial charge in [0, 0.05) is 47.3 Å². The van der Waals surface area contributed by atoms with Crippen LogP contribution in [0.15, 0.2) is 94.3 Å². The molecule has 0 bridgehead atoms. The molecule has 1 aliphatic rings. The van der Waals surface area contributed by atoms with E-state index in [4.69, 9.17) is 16.1 Å². The summed E-state index contributed by atoms with van der Waals surface area (Å²) in [6.07, 6.45) is 11.3. The van der Waals surface area contributed by atoms with Crippen LogP contribution in [0.4, 0.5) is 0 Å². The zero-order chi connectivity index (χ0) is 26.2. The number of nitrogens with one attached hydrogen (secondary N) is 1. The summed E-state index contributed by atoms with van der Waals surface area (Å²) in [6, 6.07) is 5.35. The number of allylic oxidation sites excluding steroid dienone is 4. The molecule has 1 aliphatic heterocycles. The predicted octanol–water partition coefficient (Wildman–Crippen LogP) is 6.04. The van der Waals surface area contributed by atoms with Crippen LogP contribution in [0.3, 0.4) is 0 Å². The van der Waals surface area contributed by atoms with Crippen molar-refractivity contribution in [3.63, 3.8) is 0 Å². The number of amidine groups is 1. The molecule has 0 radical (unpaired) electrons. The quantitative estimate of drug-likeness (QED) is 0.422. The Bertz CT molecular complexity index is 1330. The highest BCUT2D eigenvalue weighted by Gasteiger charge is 2.30. The summed E-state index contributed by atoms with van der Waals surface area (Å²) in [6.45, 7) is 16.3. The van der Waals surface area contributed by atoms with Crippen LogP contribution in [0, 0.1) is 6.92 Å². The Morgan fingerprint density at radius 3 is 2.69 bits per heavy atom. The fourth-order valence-corrected chi connectivity index (χ4v) is 3.86. The van der Waals surface area contributed by atoms with Crippen LogP contribution in [0.1, 0.15) is 32.2 Å². The highest BCUT2D eigenvalue weighted by molar-refractivity contribution is 6.37. The second kappa shape index (κ2) is 12.1. The molecule has 186 valence electrons. The van der Waals surface area contributed by atoms with Gasteiger partial charge in [-0.2, -0.15) is 4.98 Å². The fourth-order valence-electron chi connectivity index (χ4n) is 3.58. The van der Waals surface area contributed by atoms with E-state index < -0.39 is 0 Å². The summed E-state index contributed by atoms with van der Waals surface area (Å²) < 4.78 is 5.06. The number of aryl methyl sites for hydroxylation is 1. The third-order valence-electron chi connectivity index (χ3n) is 5.46. The summed E-state index contributed by atoms with van der Waals surface area (Å²) in [5.74, 6) is 1.68. The van der Waals surface area contributed by atoms with Gasteiger partial charge in [-0.3, -0.25) is 9.69 Å². The molecule has 0 saturated carbocycles. The second-order valence-electron chi connectivity index (χ2n) is 7.89. The number of aliphatic imine (C=N–C) groups is 1. The lowest BCUT2D eigenvalue weighted by molar-refractivity contribution is -0.121. The van der Waals surface area contributed by atoms with Gasteiger partial charge in [0.2, 0.25) is 11.7 Å². The highest BCUT2D eigenvalue weighted by Crippen LogP contribution is 2.33.